The van der Waals surface area contributed by atoms with Gasteiger partial charge >= 0.3 is 11.9 Å². The van der Waals surface area contributed by atoms with Crippen LogP contribution in [-0.4, -0.2) is 92.9 Å². The van der Waals surface area contributed by atoms with Crippen LogP contribution >= 0.6 is 23.5 Å². The number of aliphatic hydroxyl groups is 1. The van der Waals surface area contributed by atoms with Gasteiger partial charge in [-0.3, -0.25) is 9.79 Å². The second-order valence-electron chi connectivity index (χ2n) is 9.79. The van der Waals surface area contributed by atoms with Gasteiger partial charge in [0.2, 0.25) is 5.91 Å². The minimum Gasteiger partial charge on any atom is -0.457 e. The quantitative estimate of drug-likeness (QED) is 0.431. The van der Waals surface area contributed by atoms with Crippen molar-refractivity contribution < 1.29 is 29.0 Å². The maximum atomic E-state index is 13.1. The normalized spacial score (nSPS) is 28.2. The fourth-order valence-electron chi connectivity index (χ4n) is 4.60. The van der Waals surface area contributed by atoms with Gasteiger partial charge in [0, 0.05) is 34.9 Å². The third kappa shape index (κ3) is 4.77. The number of fused-ring (bicyclic) bond motifs is 1. The summed E-state index contributed by atoms with van der Waals surface area (Å²) in [6.07, 6.45) is -0.804. The number of thioether (sulfide) groups is 2. The molecule has 0 aromatic heterocycles. The predicted molar refractivity (Wildman–Crippen MR) is 127 cm³/mol. The summed E-state index contributed by atoms with van der Waals surface area (Å²) in [4.78, 5) is 46.9. The van der Waals surface area contributed by atoms with Gasteiger partial charge in [0.25, 0.3) is 0 Å². The molecule has 1 amide bonds. The zero-order valence-corrected chi connectivity index (χ0v) is 21.2. The molecule has 0 bridgehead atoms. The van der Waals surface area contributed by atoms with Crippen LogP contribution in [0.2, 0.25) is 0 Å². The number of aliphatic hydroxyl groups excluding tert-OH is 1. The van der Waals surface area contributed by atoms with Crippen molar-refractivity contribution in [1.29, 1.82) is 0 Å². The summed E-state index contributed by atoms with van der Waals surface area (Å²) in [7, 11) is 0. The van der Waals surface area contributed by atoms with E-state index in [-0.39, 0.29) is 28.8 Å². The Morgan fingerprint density at radius 3 is 2.61 bits per heavy atom. The third-order valence-electron chi connectivity index (χ3n) is 6.02. The third-order valence-corrected chi connectivity index (χ3v) is 8.51. The molecule has 9 nitrogen and oxygen atoms in total. The number of aliphatic imine (C=N–C) groups is 1. The Morgan fingerprint density at radius 1 is 1.33 bits per heavy atom. The van der Waals surface area contributed by atoms with Crippen LogP contribution in [-0.2, 0) is 23.9 Å². The lowest BCUT2D eigenvalue weighted by molar-refractivity contribution is -0.169. The number of β-lactam (4-membered cyclic amide) rings is 1. The van der Waals surface area contributed by atoms with E-state index in [0.717, 1.165) is 35.5 Å². The number of nitrogens with zero attached hydrogens (tertiary/aromatic N) is 3. The average Bonchev–Trinajstić information content (AvgIpc) is 3.26. The molecule has 4 aliphatic heterocycles. The standard InChI is InChI=1S/C22H31N3O6S2/c1-11-16-15(12(2)26)19(28)25(16)17(20(29)30-10-14(27)31-22(3,4)5)18(11)33-13-8-24(9-13)21-23-6-7-32-21/h11-13,15-16,26H,6-10H2,1-5H3/t11-,12-,15-,16-/m1/s1. The molecule has 2 saturated heterocycles. The lowest BCUT2D eigenvalue weighted by Crippen LogP contribution is -2.63. The van der Waals surface area contributed by atoms with Gasteiger partial charge < -0.3 is 24.4 Å². The predicted octanol–water partition coefficient (Wildman–Crippen LogP) is 1.46. The van der Waals surface area contributed by atoms with E-state index in [1.807, 2.05) is 6.92 Å². The number of esters is 2. The summed E-state index contributed by atoms with van der Waals surface area (Å²) in [6, 6.07) is -0.282. The highest BCUT2D eigenvalue weighted by atomic mass is 32.2. The van der Waals surface area contributed by atoms with Crippen molar-refractivity contribution in [2.24, 2.45) is 16.8 Å². The van der Waals surface area contributed by atoms with E-state index in [9.17, 15) is 19.5 Å². The Bertz CT molecular complexity index is 906. The van der Waals surface area contributed by atoms with E-state index in [2.05, 4.69) is 9.89 Å². The molecule has 4 heterocycles. The highest BCUT2D eigenvalue weighted by Crippen LogP contribution is 2.52. The number of carbonyl (C=O) groups is 3. The molecular formula is C22H31N3O6S2. The van der Waals surface area contributed by atoms with Crippen LogP contribution in [0.5, 0.6) is 0 Å². The zero-order valence-electron chi connectivity index (χ0n) is 19.6. The number of hydrogen-bond donors (Lipinski definition) is 1. The van der Waals surface area contributed by atoms with Crippen molar-refractivity contribution in [2.45, 2.75) is 57.6 Å². The Morgan fingerprint density at radius 2 is 2.03 bits per heavy atom. The molecule has 0 radical (unpaired) electrons. The van der Waals surface area contributed by atoms with E-state index >= 15 is 0 Å². The number of likely N-dealkylation sites (tertiary alicyclic amines) is 1. The lowest BCUT2D eigenvalue weighted by Gasteiger charge is -2.46. The van der Waals surface area contributed by atoms with Gasteiger partial charge in [-0.2, -0.15) is 0 Å². The molecule has 0 aromatic rings. The molecule has 4 atom stereocenters. The van der Waals surface area contributed by atoms with E-state index in [4.69, 9.17) is 9.47 Å². The van der Waals surface area contributed by atoms with Crippen LogP contribution in [0.4, 0.5) is 0 Å². The summed E-state index contributed by atoms with van der Waals surface area (Å²) in [6.45, 7) is 10.8. The molecule has 2 fully saturated rings. The Kier molecular flexibility index (Phi) is 6.76. The highest BCUT2D eigenvalue weighted by Gasteiger charge is 2.60. The average molecular weight is 498 g/mol. The van der Waals surface area contributed by atoms with Gasteiger partial charge in [0.15, 0.2) is 11.8 Å². The molecule has 33 heavy (non-hydrogen) atoms. The van der Waals surface area contributed by atoms with Crippen molar-refractivity contribution in [2.75, 3.05) is 32.0 Å². The Balaban J connectivity index is 1.48. The first-order valence-electron chi connectivity index (χ1n) is 11.2. The first-order valence-corrected chi connectivity index (χ1v) is 13.1. The summed E-state index contributed by atoms with van der Waals surface area (Å²) >= 11 is 3.35. The highest BCUT2D eigenvalue weighted by molar-refractivity contribution is 8.14. The smallest absolute Gasteiger partial charge is 0.356 e. The minimum atomic E-state index is -0.804. The van der Waals surface area contributed by atoms with Gasteiger partial charge in [-0.1, -0.05) is 18.7 Å². The second kappa shape index (κ2) is 9.14. The molecule has 0 saturated carbocycles. The molecule has 1 N–H and O–H groups in total. The fraction of sp³-hybridized carbons (Fsp3) is 0.727. The summed E-state index contributed by atoms with van der Waals surface area (Å²) < 4.78 is 10.5. The number of carbonyl (C=O) groups excluding carboxylic acids is 3. The number of hydrogen-bond acceptors (Lipinski definition) is 10. The van der Waals surface area contributed by atoms with Crippen molar-refractivity contribution in [3.63, 3.8) is 0 Å². The van der Waals surface area contributed by atoms with Crippen LogP contribution < -0.4 is 0 Å². The Hall–Kier alpha value is -1.72. The topological polar surface area (TPSA) is 109 Å². The maximum Gasteiger partial charge on any atom is 0.356 e. The molecule has 4 rings (SSSR count). The molecule has 182 valence electrons. The van der Waals surface area contributed by atoms with Gasteiger partial charge in [0.05, 0.1) is 24.6 Å². The number of amidine groups is 1. The molecule has 4 aliphatic rings. The monoisotopic (exact) mass is 497 g/mol. The molecule has 0 unspecified atom stereocenters. The Labute approximate surface area is 202 Å². The van der Waals surface area contributed by atoms with Crippen LogP contribution in [0.25, 0.3) is 0 Å². The van der Waals surface area contributed by atoms with Crippen molar-refractivity contribution >= 4 is 46.5 Å². The van der Waals surface area contributed by atoms with Gasteiger partial charge in [0.1, 0.15) is 11.3 Å². The SMILES string of the molecule is C[C@@H](O)[C@H]1C(=O)N2C(C(=O)OCC(=O)OC(C)(C)C)=C(SC3CN(C4=NCCS4)C3)[C@H](C)[C@H]12. The first kappa shape index (κ1) is 24.4. The second-order valence-corrected chi connectivity index (χ2v) is 12.2. The van der Waals surface area contributed by atoms with Gasteiger partial charge in [-0.05, 0) is 27.7 Å². The van der Waals surface area contributed by atoms with Gasteiger partial charge in [-0.15, -0.1) is 11.8 Å². The van der Waals surface area contributed by atoms with E-state index in [1.165, 1.54) is 4.90 Å². The zero-order chi connectivity index (χ0) is 24.1. The van der Waals surface area contributed by atoms with E-state index in [1.54, 1.807) is 51.2 Å². The van der Waals surface area contributed by atoms with Crippen molar-refractivity contribution in [3.8, 4) is 0 Å². The molecular weight excluding hydrogens is 466 g/mol. The summed E-state index contributed by atoms with van der Waals surface area (Å²) in [5.74, 6) is -1.28. The number of amides is 1. The first-order chi connectivity index (χ1) is 15.5. The molecule has 11 heteroatoms. The van der Waals surface area contributed by atoms with Crippen LogP contribution in [0, 0.1) is 11.8 Å². The molecule has 0 aliphatic carbocycles. The summed E-state index contributed by atoms with van der Waals surface area (Å²) in [5, 5.41) is 11.5. The fourth-order valence-corrected chi connectivity index (χ4v) is 6.99. The van der Waals surface area contributed by atoms with Crippen LogP contribution in [0.1, 0.15) is 34.6 Å². The largest absolute Gasteiger partial charge is 0.457 e. The van der Waals surface area contributed by atoms with Crippen LogP contribution in [0.3, 0.4) is 0 Å². The maximum absolute atomic E-state index is 13.1. The number of ether oxygens (including phenoxy) is 2. The molecule has 0 spiro atoms. The lowest BCUT2D eigenvalue weighted by atomic mass is 9.79. The van der Waals surface area contributed by atoms with E-state index in [0.29, 0.717) is 0 Å². The van der Waals surface area contributed by atoms with Crippen LogP contribution in [0.15, 0.2) is 15.6 Å². The molecule has 0 aromatic carbocycles. The van der Waals surface area contributed by atoms with Crippen molar-refractivity contribution in [3.05, 3.63) is 10.6 Å². The van der Waals surface area contributed by atoms with Crippen molar-refractivity contribution in [1.82, 2.24) is 9.80 Å². The minimum absolute atomic E-state index is 0.108. The van der Waals surface area contributed by atoms with Gasteiger partial charge in [-0.25, -0.2) is 9.59 Å². The van der Waals surface area contributed by atoms with E-state index < -0.39 is 36.2 Å². The summed E-state index contributed by atoms with van der Waals surface area (Å²) in [5.41, 5.74) is -0.485. The number of rotatable bonds is 6.